The van der Waals surface area contributed by atoms with Gasteiger partial charge < -0.3 is 4.74 Å². The lowest BCUT2D eigenvalue weighted by Gasteiger charge is -2.06. The largest absolute Gasteiger partial charge is 0.423 e. The molecule has 0 atom stereocenters. The molecule has 0 heterocycles. The number of hydrogen-bond donors (Lipinski definition) is 1. The molecular formula is C17H17NO4S. The number of benzene rings is 2. The Bertz CT molecular complexity index is 793. The van der Waals surface area contributed by atoms with Gasteiger partial charge in [-0.2, -0.15) is 0 Å². The number of ether oxygens (including phenoxy) is 1. The zero-order valence-electron chi connectivity index (χ0n) is 12.7. The number of carbonyl (C=O) groups is 1. The van der Waals surface area contributed by atoms with Gasteiger partial charge in [0, 0.05) is 6.54 Å². The van der Waals surface area contributed by atoms with Crippen molar-refractivity contribution in [2.24, 2.45) is 0 Å². The van der Waals surface area contributed by atoms with Crippen LogP contribution in [-0.4, -0.2) is 20.6 Å². The number of nitrogens with one attached hydrogen (secondary N) is 1. The third-order valence-corrected chi connectivity index (χ3v) is 3.72. The molecule has 120 valence electrons. The molecule has 6 heteroatoms. The standard InChI is InChI=1S/C17H17NO4S/c1-3-13-4-8-15(9-5-13)17(19)22-16-10-6-14(7-11-16)12-18-23(2,20)21/h3-11,18H,1,12H2,2H3. The van der Waals surface area contributed by atoms with Gasteiger partial charge in [-0.05, 0) is 35.4 Å². The van der Waals surface area contributed by atoms with Gasteiger partial charge in [-0.25, -0.2) is 17.9 Å². The van der Waals surface area contributed by atoms with Crippen molar-refractivity contribution >= 4 is 22.1 Å². The van der Waals surface area contributed by atoms with Gasteiger partial charge in [0.05, 0.1) is 11.8 Å². The molecule has 23 heavy (non-hydrogen) atoms. The van der Waals surface area contributed by atoms with Crippen molar-refractivity contribution in [2.75, 3.05) is 6.26 Å². The van der Waals surface area contributed by atoms with E-state index in [1.54, 1.807) is 54.6 Å². The van der Waals surface area contributed by atoms with Crippen LogP contribution < -0.4 is 9.46 Å². The summed E-state index contributed by atoms with van der Waals surface area (Å²) < 4.78 is 29.7. The second-order valence-electron chi connectivity index (χ2n) is 4.95. The first-order valence-electron chi connectivity index (χ1n) is 6.85. The van der Waals surface area contributed by atoms with Gasteiger partial charge >= 0.3 is 5.97 Å². The van der Waals surface area contributed by atoms with Gasteiger partial charge in [-0.1, -0.05) is 36.9 Å². The summed E-state index contributed by atoms with van der Waals surface area (Å²) in [4.78, 5) is 12.0. The van der Waals surface area contributed by atoms with Crippen LogP contribution in [0, 0.1) is 0 Å². The third kappa shape index (κ3) is 5.36. The van der Waals surface area contributed by atoms with E-state index in [9.17, 15) is 13.2 Å². The first-order valence-corrected chi connectivity index (χ1v) is 8.75. The molecule has 0 amide bonds. The van der Waals surface area contributed by atoms with Gasteiger partial charge in [0.2, 0.25) is 10.0 Å². The fourth-order valence-corrected chi connectivity index (χ4v) is 2.24. The van der Waals surface area contributed by atoms with Crippen LogP contribution in [0.25, 0.3) is 6.08 Å². The maximum absolute atomic E-state index is 12.0. The van der Waals surface area contributed by atoms with E-state index in [-0.39, 0.29) is 6.54 Å². The van der Waals surface area contributed by atoms with Crippen LogP contribution in [0.3, 0.4) is 0 Å². The number of sulfonamides is 1. The van der Waals surface area contributed by atoms with E-state index >= 15 is 0 Å². The highest BCUT2D eigenvalue weighted by Gasteiger charge is 2.08. The van der Waals surface area contributed by atoms with Crippen LogP contribution in [0.5, 0.6) is 5.75 Å². The highest BCUT2D eigenvalue weighted by Crippen LogP contribution is 2.15. The van der Waals surface area contributed by atoms with E-state index in [1.807, 2.05) is 0 Å². The highest BCUT2D eigenvalue weighted by molar-refractivity contribution is 7.88. The lowest BCUT2D eigenvalue weighted by Crippen LogP contribution is -2.21. The summed E-state index contributed by atoms with van der Waals surface area (Å²) in [5, 5.41) is 0. The Morgan fingerprint density at radius 1 is 1.13 bits per heavy atom. The molecule has 2 aromatic carbocycles. The lowest BCUT2D eigenvalue weighted by molar-refractivity contribution is 0.0734. The molecular weight excluding hydrogens is 314 g/mol. The topological polar surface area (TPSA) is 72.5 Å². The maximum Gasteiger partial charge on any atom is 0.343 e. The Morgan fingerprint density at radius 3 is 2.26 bits per heavy atom. The van der Waals surface area contributed by atoms with E-state index < -0.39 is 16.0 Å². The Hall–Kier alpha value is -2.44. The van der Waals surface area contributed by atoms with Crippen LogP contribution in [0.2, 0.25) is 0 Å². The molecule has 0 saturated carbocycles. The van der Waals surface area contributed by atoms with Crippen LogP contribution >= 0.6 is 0 Å². The molecule has 0 aliphatic carbocycles. The molecule has 0 unspecified atom stereocenters. The normalized spacial score (nSPS) is 11.0. The first kappa shape index (κ1) is 16.9. The minimum absolute atomic E-state index is 0.191. The molecule has 5 nitrogen and oxygen atoms in total. The summed E-state index contributed by atoms with van der Waals surface area (Å²) in [6.07, 6.45) is 2.79. The minimum Gasteiger partial charge on any atom is -0.423 e. The summed E-state index contributed by atoms with van der Waals surface area (Å²) in [5.41, 5.74) is 2.13. The Labute approximate surface area is 135 Å². The monoisotopic (exact) mass is 331 g/mol. The summed E-state index contributed by atoms with van der Waals surface area (Å²) in [6, 6.07) is 13.5. The fraction of sp³-hybridized carbons (Fsp3) is 0.118. The molecule has 2 aromatic rings. The summed E-state index contributed by atoms with van der Waals surface area (Å²) in [7, 11) is -3.24. The van der Waals surface area contributed by atoms with Crippen LogP contribution in [0.15, 0.2) is 55.1 Å². The van der Waals surface area contributed by atoms with Gasteiger partial charge in [-0.3, -0.25) is 0 Å². The van der Waals surface area contributed by atoms with Crippen molar-refractivity contribution in [3.8, 4) is 5.75 Å². The molecule has 0 radical (unpaired) electrons. The molecule has 0 fully saturated rings. The Balaban J connectivity index is 1.99. The molecule has 0 spiro atoms. The number of esters is 1. The molecule has 2 rings (SSSR count). The quantitative estimate of drug-likeness (QED) is 0.652. The zero-order valence-corrected chi connectivity index (χ0v) is 13.5. The van der Waals surface area contributed by atoms with Gasteiger partial charge in [0.15, 0.2) is 0 Å². The van der Waals surface area contributed by atoms with Crippen LogP contribution in [0.1, 0.15) is 21.5 Å². The van der Waals surface area contributed by atoms with Crippen molar-refractivity contribution in [1.29, 1.82) is 0 Å². The summed E-state index contributed by atoms with van der Waals surface area (Å²) >= 11 is 0. The van der Waals surface area contributed by atoms with Crippen LogP contribution in [0.4, 0.5) is 0 Å². The summed E-state index contributed by atoms with van der Waals surface area (Å²) in [6.45, 7) is 3.84. The smallest absolute Gasteiger partial charge is 0.343 e. The average Bonchev–Trinajstić information content (AvgIpc) is 2.53. The predicted octanol–water partition coefficient (Wildman–Crippen LogP) is 2.60. The molecule has 1 N–H and O–H groups in total. The van der Waals surface area contributed by atoms with Crippen LogP contribution in [-0.2, 0) is 16.6 Å². The van der Waals surface area contributed by atoms with Crippen molar-refractivity contribution in [3.05, 3.63) is 71.8 Å². The molecule has 0 aliphatic rings. The Morgan fingerprint density at radius 2 is 1.74 bits per heavy atom. The fourth-order valence-electron chi connectivity index (χ4n) is 1.81. The lowest BCUT2D eigenvalue weighted by atomic mass is 10.1. The molecule has 0 aliphatic heterocycles. The zero-order chi connectivity index (χ0) is 16.9. The number of rotatable bonds is 6. The van der Waals surface area contributed by atoms with Gasteiger partial charge in [0.1, 0.15) is 5.75 Å². The molecule has 0 aromatic heterocycles. The number of carbonyl (C=O) groups excluding carboxylic acids is 1. The van der Waals surface area contributed by atoms with Gasteiger partial charge in [0.25, 0.3) is 0 Å². The first-order chi connectivity index (χ1) is 10.9. The second kappa shape index (κ2) is 7.21. The van der Waals surface area contributed by atoms with E-state index in [1.165, 1.54) is 0 Å². The van der Waals surface area contributed by atoms with Crippen molar-refractivity contribution < 1.29 is 17.9 Å². The van der Waals surface area contributed by atoms with Gasteiger partial charge in [-0.15, -0.1) is 0 Å². The third-order valence-electron chi connectivity index (χ3n) is 3.05. The molecule has 0 saturated heterocycles. The second-order valence-corrected chi connectivity index (χ2v) is 6.79. The van der Waals surface area contributed by atoms with E-state index in [0.717, 1.165) is 17.4 Å². The summed E-state index contributed by atoms with van der Waals surface area (Å²) in [5.74, 6) is -0.0615. The van der Waals surface area contributed by atoms with E-state index in [0.29, 0.717) is 11.3 Å². The predicted molar refractivity (Wildman–Crippen MR) is 89.6 cm³/mol. The highest BCUT2D eigenvalue weighted by atomic mass is 32.2. The SMILES string of the molecule is C=Cc1ccc(C(=O)Oc2ccc(CNS(C)(=O)=O)cc2)cc1. The number of hydrogen-bond acceptors (Lipinski definition) is 4. The maximum atomic E-state index is 12.0. The van der Waals surface area contributed by atoms with E-state index in [4.69, 9.17) is 4.74 Å². The average molecular weight is 331 g/mol. The Kier molecular flexibility index (Phi) is 5.31. The van der Waals surface area contributed by atoms with Crippen molar-refractivity contribution in [1.82, 2.24) is 4.72 Å². The van der Waals surface area contributed by atoms with E-state index in [2.05, 4.69) is 11.3 Å². The minimum atomic E-state index is -3.24. The van der Waals surface area contributed by atoms with Crippen molar-refractivity contribution in [2.45, 2.75) is 6.54 Å². The van der Waals surface area contributed by atoms with Crippen molar-refractivity contribution in [3.63, 3.8) is 0 Å². The molecule has 0 bridgehead atoms.